The Morgan fingerprint density at radius 2 is 2.09 bits per heavy atom. The van der Waals surface area contributed by atoms with Gasteiger partial charge in [0.25, 0.3) is 0 Å². The summed E-state index contributed by atoms with van der Waals surface area (Å²) in [6.07, 6.45) is 1.72. The number of hydrogen-bond acceptors (Lipinski definition) is 6. The molecule has 2 N–H and O–H groups in total. The number of aryl methyl sites for hydroxylation is 2. The number of aromatic amines is 1. The maximum absolute atomic E-state index is 9.17. The zero-order valence-corrected chi connectivity index (χ0v) is 13.5. The molecule has 2 aromatic heterocycles. The van der Waals surface area contributed by atoms with Crippen molar-refractivity contribution in [3.05, 3.63) is 40.0 Å². The molecule has 0 unspecified atom stereocenters. The highest BCUT2D eigenvalue weighted by Gasteiger charge is 2.12. The first kappa shape index (κ1) is 14.5. The highest BCUT2D eigenvalue weighted by Crippen LogP contribution is 2.33. The van der Waals surface area contributed by atoms with Crippen molar-refractivity contribution in [3.8, 4) is 12.1 Å². The normalized spacial score (nSPS) is 10.4. The molecule has 0 spiro atoms. The molecule has 1 aromatic carbocycles. The fourth-order valence-corrected chi connectivity index (χ4v) is 3.90. The van der Waals surface area contributed by atoms with Gasteiger partial charge in [0.2, 0.25) is 0 Å². The van der Waals surface area contributed by atoms with E-state index in [2.05, 4.69) is 26.8 Å². The quantitative estimate of drug-likeness (QED) is 0.708. The van der Waals surface area contributed by atoms with E-state index in [4.69, 9.17) is 5.26 Å². The average Bonchev–Trinajstić information content (AvgIpc) is 3.10. The van der Waals surface area contributed by atoms with Crippen LogP contribution in [0.1, 0.15) is 21.7 Å². The maximum Gasteiger partial charge on any atom is 0.171 e. The van der Waals surface area contributed by atoms with Gasteiger partial charge in [0, 0.05) is 23.5 Å². The lowest BCUT2D eigenvalue weighted by atomic mass is 10.1. The van der Waals surface area contributed by atoms with Gasteiger partial charge in [-0.15, -0.1) is 0 Å². The Hall–Kier alpha value is -2.48. The van der Waals surface area contributed by atoms with Crippen molar-refractivity contribution < 1.29 is 0 Å². The summed E-state index contributed by atoms with van der Waals surface area (Å²) in [6.45, 7) is 3.81. The lowest BCUT2D eigenvalue weighted by Gasteiger charge is -2.06. The smallest absolute Gasteiger partial charge is 0.171 e. The third kappa shape index (κ3) is 2.41. The zero-order chi connectivity index (χ0) is 15.7. The van der Waals surface area contributed by atoms with Crippen molar-refractivity contribution in [1.82, 2.24) is 9.97 Å². The molecule has 0 aliphatic rings. The summed E-state index contributed by atoms with van der Waals surface area (Å²) in [5, 5.41) is 19.1. The topological polar surface area (TPSA) is 88.3 Å². The van der Waals surface area contributed by atoms with E-state index in [-0.39, 0.29) is 0 Å². The second-order valence-corrected chi connectivity index (χ2v) is 6.76. The van der Waals surface area contributed by atoms with Crippen molar-refractivity contribution in [3.63, 3.8) is 0 Å². The molecule has 0 aliphatic heterocycles. The Morgan fingerprint density at radius 1 is 1.27 bits per heavy atom. The van der Waals surface area contributed by atoms with Gasteiger partial charge in [-0.3, -0.25) is 0 Å². The van der Waals surface area contributed by atoms with Gasteiger partial charge in [-0.2, -0.15) is 10.5 Å². The minimum absolute atomic E-state index is 0.630. The van der Waals surface area contributed by atoms with Gasteiger partial charge in [0.15, 0.2) is 4.34 Å². The first-order valence-corrected chi connectivity index (χ1v) is 8.08. The Morgan fingerprint density at radius 3 is 2.77 bits per heavy atom. The van der Waals surface area contributed by atoms with Gasteiger partial charge in [-0.1, -0.05) is 17.4 Å². The van der Waals surface area contributed by atoms with Crippen LogP contribution in [0.15, 0.2) is 22.7 Å². The van der Waals surface area contributed by atoms with E-state index in [0.29, 0.717) is 10.4 Å². The maximum atomic E-state index is 9.17. The van der Waals surface area contributed by atoms with E-state index >= 15 is 0 Å². The average molecular weight is 325 g/mol. The molecule has 22 heavy (non-hydrogen) atoms. The molecule has 0 saturated carbocycles. The van der Waals surface area contributed by atoms with Gasteiger partial charge in [-0.25, -0.2) is 4.98 Å². The van der Waals surface area contributed by atoms with E-state index in [1.165, 1.54) is 23.3 Å². The Kier molecular flexibility index (Phi) is 3.76. The molecular weight excluding hydrogens is 314 g/mol. The Labute approximate surface area is 135 Å². The van der Waals surface area contributed by atoms with Crippen molar-refractivity contribution in [2.75, 3.05) is 4.72 Å². The zero-order valence-electron chi connectivity index (χ0n) is 11.9. The Bertz CT molecular complexity index is 939. The number of rotatable bonds is 3. The molecule has 7 heteroatoms. The third-order valence-electron chi connectivity index (χ3n) is 3.29. The molecule has 3 rings (SSSR count). The summed E-state index contributed by atoms with van der Waals surface area (Å²) in [5.74, 6) is 0. The molecule has 0 atom stereocenters. The molecule has 0 bridgehead atoms. The number of nitrogens with one attached hydrogen (secondary N) is 2. The molecule has 5 nitrogen and oxygen atoms in total. The molecule has 3 aromatic rings. The van der Waals surface area contributed by atoms with Crippen molar-refractivity contribution in [2.24, 2.45) is 0 Å². The number of benzene rings is 1. The number of hydrogen-bond donors (Lipinski definition) is 2. The number of aromatic nitrogens is 2. The van der Waals surface area contributed by atoms with E-state index in [1.54, 1.807) is 6.20 Å². The summed E-state index contributed by atoms with van der Waals surface area (Å²) >= 11 is 2.73. The van der Waals surface area contributed by atoms with Crippen LogP contribution in [0.25, 0.3) is 10.9 Å². The molecule has 0 aliphatic carbocycles. The predicted molar refractivity (Wildman–Crippen MR) is 88.8 cm³/mol. The molecule has 0 saturated heterocycles. The van der Waals surface area contributed by atoms with Crippen molar-refractivity contribution in [1.29, 1.82) is 10.5 Å². The van der Waals surface area contributed by atoms with E-state index in [9.17, 15) is 5.26 Å². The van der Waals surface area contributed by atoms with E-state index in [1.807, 2.05) is 26.0 Å². The van der Waals surface area contributed by atoms with E-state index < -0.39 is 0 Å². The monoisotopic (exact) mass is 325 g/mol. The molecule has 0 fully saturated rings. The van der Waals surface area contributed by atoms with Gasteiger partial charge in [-0.05, 0) is 25.5 Å². The number of thiazole rings is 1. The third-order valence-corrected chi connectivity index (χ3v) is 5.24. The molecule has 2 heterocycles. The second kappa shape index (κ2) is 5.72. The second-order valence-electron chi connectivity index (χ2n) is 4.70. The van der Waals surface area contributed by atoms with Crippen LogP contribution in [0.2, 0.25) is 0 Å². The van der Waals surface area contributed by atoms with Crippen molar-refractivity contribution in [2.45, 2.75) is 18.2 Å². The van der Waals surface area contributed by atoms with Crippen LogP contribution in [0.5, 0.6) is 0 Å². The number of fused-ring (bicyclic) bond motifs is 1. The Balaban J connectivity index is 1.92. The molecular formula is C15H11N5S2. The highest BCUT2D eigenvalue weighted by molar-refractivity contribution is 8.02. The largest absolute Gasteiger partial charge is 0.358 e. The minimum Gasteiger partial charge on any atom is -0.358 e. The lowest BCUT2D eigenvalue weighted by molar-refractivity contribution is 1.15. The highest BCUT2D eigenvalue weighted by atomic mass is 32.2. The fourth-order valence-electron chi connectivity index (χ4n) is 2.21. The molecule has 0 radical (unpaired) electrons. The molecule has 0 amide bonds. The van der Waals surface area contributed by atoms with Crippen LogP contribution in [-0.4, -0.2) is 9.97 Å². The first-order valence-electron chi connectivity index (χ1n) is 6.45. The van der Waals surface area contributed by atoms with Crippen LogP contribution in [0.3, 0.4) is 0 Å². The predicted octanol–water partition coefficient (Wildman–Crippen LogP) is 4.10. The number of anilines is 1. The fraction of sp³-hybridized carbons (Fsp3) is 0.133. The lowest BCUT2D eigenvalue weighted by Crippen LogP contribution is -1.89. The minimum atomic E-state index is 0.630. The summed E-state index contributed by atoms with van der Waals surface area (Å²) < 4.78 is 4.03. The SMILES string of the molecule is Cc1nc(SNc2ccc(C)c3c(C#N)c[nH]c23)sc1C#N. The van der Waals surface area contributed by atoms with Crippen LogP contribution in [0, 0.1) is 36.5 Å². The standard InChI is InChI=1S/C15H11N5S2/c1-8-3-4-11(14-13(8)10(5-16)7-18-14)20-22-15-19-9(2)12(6-17)21-15/h3-4,7,18,20H,1-2H3. The van der Waals surface area contributed by atoms with E-state index in [0.717, 1.165) is 32.2 Å². The number of H-pyrrole nitrogens is 1. The first-order chi connectivity index (χ1) is 10.6. The molecule has 108 valence electrons. The summed E-state index contributed by atoms with van der Waals surface area (Å²) in [6, 6.07) is 8.28. The van der Waals surface area contributed by atoms with Crippen molar-refractivity contribution >= 4 is 39.9 Å². The van der Waals surface area contributed by atoms with Crippen LogP contribution in [-0.2, 0) is 0 Å². The summed E-state index contributed by atoms with van der Waals surface area (Å²) in [4.78, 5) is 8.12. The van der Waals surface area contributed by atoms with Crippen LogP contribution < -0.4 is 4.72 Å². The van der Waals surface area contributed by atoms with Gasteiger partial charge >= 0.3 is 0 Å². The van der Waals surface area contributed by atoms with Gasteiger partial charge in [0.1, 0.15) is 17.0 Å². The van der Waals surface area contributed by atoms with Crippen LogP contribution in [0.4, 0.5) is 5.69 Å². The summed E-state index contributed by atoms with van der Waals surface area (Å²) in [7, 11) is 0. The number of nitriles is 2. The van der Waals surface area contributed by atoms with Crippen LogP contribution >= 0.6 is 23.3 Å². The van der Waals surface area contributed by atoms with Gasteiger partial charge < -0.3 is 9.71 Å². The number of nitrogens with zero attached hydrogens (tertiary/aromatic N) is 3. The van der Waals surface area contributed by atoms with Gasteiger partial charge in [0.05, 0.1) is 22.5 Å². The summed E-state index contributed by atoms with van der Waals surface area (Å²) in [5.41, 5.74) is 4.23.